The molecule has 0 unspecified atom stereocenters. The predicted octanol–water partition coefficient (Wildman–Crippen LogP) is 3.31. The van der Waals surface area contributed by atoms with Gasteiger partial charge < -0.3 is 5.32 Å². The Labute approximate surface area is 111 Å². The third-order valence-corrected chi connectivity index (χ3v) is 2.86. The summed E-state index contributed by atoms with van der Waals surface area (Å²) in [5.74, 6) is 0.777. The second kappa shape index (κ2) is 6.14. The van der Waals surface area contributed by atoms with Crippen molar-refractivity contribution < 1.29 is 4.79 Å². The maximum atomic E-state index is 11.8. The van der Waals surface area contributed by atoms with Crippen molar-refractivity contribution in [2.75, 3.05) is 6.54 Å². The van der Waals surface area contributed by atoms with E-state index in [0.29, 0.717) is 18.9 Å². The molecule has 100 valence electrons. The minimum atomic E-state index is -0.00282. The van der Waals surface area contributed by atoms with Crippen LogP contribution in [0.15, 0.2) is 24.3 Å². The highest BCUT2D eigenvalue weighted by Crippen LogP contribution is 2.15. The predicted molar refractivity (Wildman–Crippen MR) is 77.0 cm³/mol. The standard InChI is InChI=1S/C16H25NO/c1-12(2)14-8-6-13(7-9-14)10-15(18)11-17-16(3,4)5/h6-9,12,17H,10-11H2,1-5H3. The number of nitrogens with one attached hydrogen (secondary N) is 1. The third kappa shape index (κ3) is 5.46. The van der Waals surface area contributed by atoms with Crippen LogP contribution < -0.4 is 5.32 Å². The van der Waals surface area contributed by atoms with Crippen LogP contribution in [-0.2, 0) is 11.2 Å². The molecule has 0 aliphatic heterocycles. The Hall–Kier alpha value is -1.15. The van der Waals surface area contributed by atoms with Crippen LogP contribution in [0.4, 0.5) is 0 Å². The molecule has 0 saturated heterocycles. The fraction of sp³-hybridized carbons (Fsp3) is 0.562. The van der Waals surface area contributed by atoms with Gasteiger partial charge in [0.2, 0.25) is 0 Å². The van der Waals surface area contributed by atoms with Crippen LogP contribution >= 0.6 is 0 Å². The molecule has 0 amide bonds. The highest BCUT2D eigenvalue weighted by atomic mass is 16.1. The maximum Gasteiger partial charge on any atom is 0.150 e. The summed E-state index contributed by atoms with van der Waals surface area (Å²) in [5.41, 5.74) is 2.41. The minimum Gasteiger partial charge on any atom is -0.305 e. The minimum absolute atomic E-state index is 0.00282. The van der Waals surface area contributed by atoms with Crippen molar-refractivity contribution >= 4 is 5.78 Å². The smallest absolute Gasteiger partial charge is 0.150 e. The Bertz CT molecular complexity index is 385. The number of rotatable bonds is 5. The lowest BCUT2D eigenvalue weighted by molar-refractivity contribution is -0.117. The Kier molecular flexibility index (Phi) is 5.09. The molecule has 0 fully saturated rings. The molecule has 1 aromatic rings. The van der Waals surface area contributed by atoms with Crippen LogP contribution in [0.1, 0.15) is 51.7 Å². The van der Waals surface area contributed by atoms with Crippen LogP contribution in [-0.4, -0.2) is 17.9 Å². The number of carbonyl (C=O) groups excluding carboxylic acids is 1. The highest BCUT2D eigenvalue weighted by Gasteiger charge is 2.11. The topological polar surface area (TPSA) is 29.1 Å². The molecular weight excluding hydrogens is 222 g/mol. The fourth-order valence-electron chi connectivity index (χ4n) is 1.67. The van der Waals surface area contributed by atoms with Gasteiger partial charge in [0.25, 0.3) is 0 Å². The lowest BCUT2D eigenvalue weighted by Crippen LogP contribution is -2.39. The van der Waals surface area contributed by atoms with Gasteiger partial charge in [-0.2, -0.15) is 0 Å². The van der Waals surface area contributed by atoms with Gasteiger partial charge in [0.1, 0.15) is 0 Å². The summed E-state index contributed by atoms with van der Waals surface area (Å²) in [6.45, 7) is 11.0. The Balaban J connectivity index is 2.50. The van der Waals surface area contributed by atoms with Gasteiger partial charge in [-0.3, -0.25) is 4.79 Å². The number of Topliss-reactive ketones (excluding diaryl/α,β-unsaturated/α-hetero) is 1. The first-order valence-corrected chi connectivity index (χ1v) is 6.63. The van der Waals surface area contributed by atoms with Crippen molar-refractivity contribution in [2.45, 2.75) is 52.5 Å². The first-order chi connectivity index (χ1) is 8.28. The summed E-state index contributed by atoms with van der Waals surface area (Å²) in [6.07, 6.45) is 0.515. The summed E-state index contributed by atoms with van der Waals surface area (Å²) < 4.78 is 0. The summed E-state index contributed by atoms with van der Waals surface area (Å²) >= 11 is 0. The molecule has 0 aromatic heterocycles. The Morgan fingerprint density at radius 3 is 2.17 bits per heavy atom. The molecule has 0 spiro atoms. The van der Waals surface area contributed by atoms with Crippen LogP contribution in [0.5, 0.6) is 0 Å². The number of hydrogen-bond acceptors (Lipinski definition) is 2. The molecule has 1 N–H and O–H groups in total. The van der Waals surface area contributed by atoms with E-state index >= 15 is 0 Å². The van der Waals surface area contributed by atoms with Gasteiger partial charge in [0.05, 0.1) is 6.54 Å². The van der Waals surface area contributed by atoms with E-state index in [1.54, 1.807) is 0 Å². The van der Waals surface area contributed by atoms with Crippen LogP contribution in [0.25, 0.3) is 0 Å². The number of carbonyl (C=O) groups is 1. The summed E-state index contributed by atoms with van der Waals surface area (Å²) in [4.78, 5) is 11.8. The van der Waals surface area contributed by atoms with Crippen molar-refractivity contribution in [1.82, 2.24) is 5.32 Å². The van der Waals surface area contributed by atoms with E-state index in [4.69, 9.17) is 0 Å². The van der Waals surface area contributed by atoms with E-state index in [1.165, 1.54) is 5.56 Å². The van der Waals surface area contributed by atoms with Crippen LogP contribution in [0.2, 0.25) is 0 Å². The molecule has 0 saturated carbocycles. The molecule has 1 aromatic carbocycles. The van der Waals surface area contributed by atoms with Gasteiger partial charge in [-0.05, 0) is 37.8 Å². The fourth-order valence-corrected chi connectivity index (χ4v) is 1.67. The summed E-state index contributed by atoms with van der Waals surface area (Å²) in [7, 11) is 0. The van der Waals surface area contributed by atoms with Gasteiger partial charge in [-0.25, -0.2) is 0 Å². The van der Waals surface area contributed by atoms with E-state index < -0.39 is 0 Å². The van der Waals surface area contributed by atoms with Crippen LogP contribution in [0.3, 0.4) is 0 Å². The van der Waals surface area contributed by atoms with Crippen molar-refractivity contribution in [1.29, 1.82) is 0 Å². The zero-order valence-corrected chi connectivity index (χ0v) is 12.2. The van der Waals surface area contributed by atoms with E-state index in [2.05, 4.69) is 64.2 Å². The van der Waals surface area contributed by atoms with Crippen molar-refractivity contribution in [3.8, 4) is 0 Å². The number of benzene rings is 1. The average Bonchev–Trinajstić information content (AvgIpc) is 2.26. The molecule has 1 rings (SSSR count). The molecule has 0 heterocycles. The SMILES string of the molecule is CC(C)c1ccc(CC(=O)CNC(C)(C)C)cc1. The van der Waals surface area contributed by atoms with E-state index in [0.717, 1.165) is 5.56 Å². The average molecular weight is 247 g/mol. The van der Waals surface area contributed by atoms with Gasteiger partial charge in [-0.15, -0.1) is 0 Å². The number of hydrogen-bond donors (Lipinski definition) is 1. The first kappa shape index (κ1) is 14.9. The monoisotopic (exact) mass is 247 g/mol. The highest BCUT2D eigenvalue weighted by molar-refractivity contribution is 5.82. The number of ketones is 1. The molecule has 2 heteroatoms. The molecule has 18 heavy (non-hydrogen) atoms. The largest absolute Gasteiger partial charge is 0.305 e. The lowest BCUT2D eigenvalue weighted by atomic mass is 10.00. The molecule has 0 aliphatic carbocycles. The zero-order valence-electron chi connectivity index (χ0n) is 12.2. The van der Waals surface area contributed by atoms with Crippen molar-refractivity contribution in [3.05, 3.63) is 35.4 Å². The zero-order chi connectivity index (χ0) is 13.8. The van der Waals surface area contributed by atoms with Gasteiger partial charge >= 0.3 is 0 Å². The van der Waals surface area contributed by atoms with E-state index in [1.807, 2.05) is 0 Å². The lowest BCUT2D eigenvalue weighted by Gasteiger charge is -2.19. The van der Waals surface area contributed by atoms with Crippen LogP contribution in [0, 0.1) is 0 Å². The molecular formula is C16H25NO. The Morgan fingerprint density at radius 1 is 1.17 bits per heavy atom. The molecule has 2 nitrogen and oxygen atoms in total. The summed E-state index contributed by atoms with van der Waals surface area (Å²) in [5, 5.41) is 3.22. The summed E-state index contributed by atoms with van der Waals surface area (Å²) in [6, 6.07) is 8.35. The maximum absolute atomic E-state index is 11.8. The first-order valence-electron chi connectivity index (χ1n) is 6.63. The van der Waals surface area contributed by atoms with Crippen molar-refractivity contribution in [2.24, 2.45) is 0 Å². The van der Waals surface area contributed by atoms with Gasteiger partial charge in [0.15, 0.2) is 5.78 Å². The van der Waals surface area contributed by atoms with Gasteiger partial charge in [0, 0.05) is 12.0 Å². The second-order valence-electron chi connectivity index (χ2n) is 6.22. The van der Waals surface area contributed by atoms with Crippen molar-refractivity contribution in [3.63, 3.8) is 0 Å². The molecule has 0 bridgehead atoms. The quantitative estimate of drug-likeness (QED) is 0.865. The second-order valence-corrected chi connectivity index (χ2v) is 6.22. The normalized spacial score (nSPS) is 11.9. The van der Waals surface area contributed by atoms with E-state index in [9.17, 15) is 4.79 Å². The molecule has 0 radical (unpaired) electrons. The van der Waals surface area contributed by atoms with E-state index in [-0.39, 0.29) is 11.3 Å². The molecule has 0 aliphatic rings. The Morgan fingerprint density at radius 2 is 1.72 bits per heavy atom. The van der Waals surface area contributed by atoms with Gasteiger partial charge in [-0.1, -0.05) is 38.1 Å². The third-order valence-electron chi connectivity index (χ3n) is 2.86. The molecule has 0 atom stereocenters.